The number of nitrogens with zero attached hydrogens (tertiary/aromatic N) is 1. The van der Waals surface area contributed by atoms with Gasteiger partial charge in [0.2, 0.25) is 0 Å². The lowest BCUT2D eigenvalue weighted by Gasteiger charge is -2.34. The molecule has 2 aliphatic heterocycles. The zero-order valence-corrected chi connectivity index (χ0v) is 18.5. The molecule has 0 atom stereocenters. The maximum absolute atomic E-state index is 6.44. The molecule has 0 radical (unpaired) electrons. The number of ether oxygens (including phenoxy) is 2. The predicted octanol–water partition coefficient (Wildman–Crippen LogP) is 6.39. The third-order valence-electron chi connectivity index (χ3n) is 6.11. The minimum atomic E-state index is -0.733. The van der Waals surface area contributed by atoms with Gasteiger partial charge in [-0.3, -0.25) is 4.98 Å². The van der Waals surface area contributed by atoms with Crippen molar-refractivity contribution < 1.29 is 9.47 Å². The van der Waals surface area contributed by atoms with Gasteiger partial charge in [-0.1, -0.05) is 60.7 Å². The summed E-state index contributed by atoms with van der Waals surface area (Å²) < 4.78 is 12.9. The first kappa shape index (κ1) is 18.6. The number of rotatable bonds is 2. The van der Waals surface area contributed by atoms with Crippen LogP contribution in [0.1, 0.15) is 0 Å². The van der Waals surface area contributed by atoms with Crippen LogP contribution in [0, 0.1) is 0 Å². The number of benzene rings is 4. The van der Waals surface area contributed by atoms with Gasteiger partial charge in [-0.05, 0) is 53.1 Å². The van der Waals surface area contributed by atoms with Crippen molar-refractivity contribution >= 4 is 23.8 Å². The molecule has 0 spiro atoms. The highest BCUT2D eigenvalue weighted by Crippen LogP contribution is 2.53. The molecule has 0 N–H and O–H groups in total. The minimum Gasteiger partial charge on any atom is -0.456 e. The van der Waals surface area contributed by atoms with Crippen molar-refractivity contribution in [1.29, 1.82) is 0 Å². The molecule has 2 aliphatic rings. The van der Waals surface area contributed by atoms with Crippen LogP contribution in [0.4, 0.5) is 0 Å². The first-order valence-corrected chi connectivity index (χ1v) is 12.2. The smallest absolute Gasteiger partial charge is 0.140 e. The van der Waals surface area contributed by atoms with Crippen LogP contribution < -0.4 is 25.4 Å². The van der Waals surface area contributed by atoms with E-state index in [9.17, 15) is 0 Å². The van der Waals surface area contributed by atoms with E-state index in [1.807, 2.05) is 24.4 Å². The van der Waals surface area contributed by atoms with Crippen molar-refractivity contribution in [2.24, 2.45) is 0 Å². The number of hydrogen-bond donors (Lipinski definition) is 0. The molecule has 7 rings (SSSR count). The minimum absolute atomic E-state index is 0.733. The SMILES string of the molecule is c1cncc(-c2cccc(-c3cc4c5c(c3)Oc3ccccc3P5c3ccccc3O4)c2)c1. The molecular weight excluding hydrogens is 425 g/mol. The Hall–Kier alpha value is -3.94. The van der Waals surface area contributed by atoms with Gasteiger partial charge in [0, 0.05) is 36.5 Å². The van der Waals surface area contributed by atoms with Crippen LogP contribution in [0.3, 0.4) is 0 Å². The number of aromatic nitrogens is 1. The van der Waals surface area contributed by atoms with E-state index in [1.165, 1.54) is 10.6 Å². The third-order valence-corrected chi connectivity index (χ3v) is 8.70. The molecular formula is C29H18NO2P. The molecule has 156 valence electrons. The van der Waals surface area contributed by atoms with Crippen LogP contribution >= 0.6 is 7.92 Å². The van der Waals surface area contributed by atoms with Crippen LogP contribution in [-0.4, -0.2) is 4.98 Å². The number of para-hydroxylation sites is 2. The van der Waals surface area contributed by atoms with E-state index in [0.717, 1.165) is 50.6 Å². The van der Waals surface area contributed by atoms with Gasteiger partial charge in [0.25, 0.3) is 0 Å². The molecule has 0 aliphatic carbocycles. The molecule has 0 saturated carbocycles. The molecule has 33 heavy (non-hydrogen) atoms. The first-order valence-electron chi connectivity index (χ1n) is 10.9. The van der Waals surface area contributed by atoms with Gasteiger partial charge in [0.1, 0.15) is 23.0 Å². The van der Waals surface area contributed by atoms with Crippen LogP contribution in [-0.2, 0) is 0 Å². The van der Waals surface area contributed by atoms with E-state index in [4.69, 9.17) is 9.47 Å². The Balaban J connectivity index is 1.42. The fraction of sp³-hybridized carbons (Fsp3) is 0. The lowest BCUT2D eigenvalue weighted by molar-refractivity contribution is 0.467. The Labute approximate surface area is 193 Å². The van der Waals surface area contributed by atoms with Gasteiger partial charge < -0.3 is 9.47 Å². The Morgan fingerprint density at radius 3 is 1.76 bits per heavy atom. The Morgan fingerprint density at radius 2 is 1.12 bits per heavy atom. The summed E-state index contributed by atoms with van der Waals surface area (Å²) in [5.41, 5.74) is 4.41. The number of pyridine rings is 1. The Morgan fingerprint density at radius 1 is 0.515 bits per heavy atom. The van der Waals surface area contributed by atoms with Gasteiger partial charge >= 0.3 is 0 Å². The molecule has 3 heterocycles. The topological polar surface area (TPSA) is 31.4 Å². The van der Waals surface area contributed by atoms with Crippen molar-refractivity contribution in [2.45, 2.75) is 0 Å². The molecule has 1 aromatic heterocycles. The lowest BCUT2D eigenvalue weighted by Crippen LogP contribution is -2.31. The molecule has 0 amide bonds. The summed E-state index contributed by atoms with van der Waals surface area (Å²) in [6, 6.07) is 33.6. The van der Waals surface area contributed by atoms with Crippen LogP contribution in [0.2, 0.25) is 0 Å². The largest absolute Gasteiger partial charge is 0.456 e. The van der Waals surface area contributed by atoms with Crippen molar-refractivity contribution in [3.63, 3.8) is 0 Å². The first-order chi connectivity index (χ1) is 16.3. The fourth-order valence-electron chi connectivity index (χ4n) is 4.60. The molecule has 0 unspecified atom stereocenters. The summed E-state index contributed by atoms with van der Waals surface area (Å²) in [5.74, 6) is 3.63. The zero-order valence-electron chi connectivity index (χ0n) is 17.6. The molecule has 0 saturated heterocycles. The summed E-state index contributed by atoms with van der Waals surface area (Å²) in [6.07, 6.45) is 3.69. The monoisotopic (exact) mass is 443 g/mol. The lowest BCUT2D eigenvalue weighted by atomic mass is 9.99. The van der Waals surface area contributed by atoms with Crippen LogP contribution in [0.15, 0.2) is 109 Å². The standard InChI is InChI=1S/C29H18NO2P/c1-3-12-27-23(10-1)31-25-16-22(20-8-5-7-19(15-20)21-9-6-14-30-18-21)17-26-29(25)33(27)28-13-4-2-11-24(28)32-26/h1-18H. The maximum atomic E-state index is 6.44. The highest BCUT2D eigenvalue weighted by atomic mass is 31.1. The normalized spacial score (nSPS) is 13.2. The molecule has 4 heteroatoms. The van der Waals surface area contributed by atoms with Gasteiger partial charge in [-0.2, -0.15) is 0 Å². The Kier molecular flexibility index (Phi) is 4.12. The second-order valence-electron chi connectivity index (χ2n) is 8.12. The highest BCUT2D eigenvalue weighted by Gasteiger charge is 2.37. The van der Waals surface area contributed by atoms with E-state index in [2.05, 4.69) is 83.8 Å². The number of fused-ring (bicyclic) bond motifs is 4. The number of hydrogen-bond acceptors (Lipinski definition) is 3. The Bertz CT molecular complexity index is 1460. The summed E-state index contributed by atoms with van der Waals surface area (Å²) in [5, 5.41) is 3.64. The van der Waals surface area contributed by atoms with Gasteiger partial charge in [0.05, 0.1) is 5.30 Å². The van der Waals surface area contributed by atoms with Gasteiger partial charge in [-0.25, -0.2) is 0 Å². The quantitative estimate of drug-likeness (QED) is 0.290. The summed E-state index contributed by atoms with van der Waals surface area (Å²) >= 11 is 0. The second-order valence-corrected chi connectivity index (χ2v) is 10.2. The second kappa shape index (κ2) is 7.30. The molecule has 0 bridgehead atoms. The van der Waals surface area contributed by atoms with E-state index in [1.54, 1.807) is 6.20 Å². The van der Waals surface area contributed by atoms with Gasteiger partial charge in [0.15, 0.2) is 0 Å². The van der Waals surface area contributed by atoms with E-state index in [-0.39, 0.29) is 0 Å². The van der Waals surface area contributed by atoms with Crippen LogP contribution in [0.25, 0.3) is 22.3 Å². The van der Waals surface area contributed by atoms with E-state index < -0.39 is 7.92 Å². The van der Waals surface area contributed by atoms with Gasteiger partial charge in [-0.15, -0.1) is 0 Å². The predicted molar refractivity (Wildman–Crippen MR) is 134 cm³/mol. The fourth-order valence-corrected chi connectivity index (χ4v) is 7.15. The summed E-state index contributed by atoms with van der Waals surface area (Å²) in [7, 11) is -0.733. The maximum Gasteiger partial charge on any atom is 0.140 e. The highest BCUT2D eigenvalue weighted by molar-refractivity contribution is 7.80. The van der Waals surface area contributed by atoms with Crippen molar-refractivity contribution in [3.05, 3.63) is 109 Å². The third kappa shape index (κ3) is 2.97. The summed E-state index contributed by atoms with van der Waals surface area (Å²) in [6.45, 7) is 0. The zero-order chi connectivity index (χ0) is 21.8. The molecule has 0 fully saturated rings. The molecule has 3 nitrogen and oxygen atoms in total. The van der Waals surface area contributed by atoms with Crippen molar-refractivity contribution in [2.75, 3.05) is 0 Å². The van der Waals surface area contributed by atoms with Crippen LogP contribution in [0.5, 0.6) is 23.0 Å². The van der Waals surface area contributed by atoms with Crippen molar-refractivity contribution in [3.8, 4) is 45.3 Å². The summed E-state index contributed by atoms with van der Waals surface area (Å²) in [4.78, 5) is 4.27. The van der Waals surface area contributed by atoms with Crippen molar-refractivity contribution in [1.82, 2.24) is 4.98 Å². The van der Waals surface area contributed by atoms with E-state index >= 15 is 0 Å². The van der Waals surface area contributed by atoms with E-state index in [0.29, 0.717) is 0 Å². The average molecular weight is 443 g/mol. The molecule has 4 aromatic carbocycles. The average Bonchev–Trinajstić information content (AvgIpc) is 2.89. The molecule has 5 aromatic rings.